The third kappa shape index (κ3) is 4.83. The number of carboxylic acids is 1. The lowest BCUT2D eigenvalue weighted by Crippen LogP contribution is -2.14. The molecule has 0 aliphatic carbocycles. The number of carbonyl (C=O) groups is 2. The minimum Gasteiger partial charge on any atom is -0.476 e. The number of carboxylic acid groups (broad SMARTS) is 1. The van der Waals surface area contributed by atoms with Crippen LogP contribution in [0, 0.1) is 0 Å². The van der Waals surface area contributed by atoms with Gasteiger partial charge in [0.15, 0.2) is 5.69 Å². The minimum absolute atomic E-state index is 0.0291. The van der Waals surface area contributed by atoms with Crippen LogP contribution in [0.1, 0.15) is 55.3 Å². The number of nitrogens with one attached hydrogen (secondary N) is 1. The molecule has 110 valence electrons. The van der Waals surface area contributed by atoms with E-state index in [2.05, 4.69) is 15.3 Å². The van der Waals surface area contributed by atoms with Gasteiger partial charge in [-0.05, 0) is 12.8 Å². The van der Waals surface area contributed by atoms with Crippen LogP contribution in [0.4, 0.5) is 5.69 Å². The Labute approximate surface area is 117 Å². The van der Waals surface area contributed by atoms with Crippen molar-refractivity contribution in [2.45, 2.75) is 39.0 Å². The summed E-state index contributed by atoms with van der Waals surface area (Å²) in [7, 11) is 0. The van der Waals surface area contributed by atoms with Crippen molar-refractivity contribution in [2.24, 2.45) is 5.73 Å². The van der Waals surface area contributed by atoms with E-state index in [-0.39, 0.29) is 17.5 Å². The number of nitrogens with zero attached hydrogens (tertiary/aromatic N) is 2. The number of carbonyl (C=O) groups excluding carboxylic acids is 1. The molecule has 0 saturated heterocycles. The molecule has 0 spiro atoms. The van der Waals surface area contributed by atoms with E-state index in [4.69, 9.17) is 10.8 Å². The maximum Gasteiger partial charge on any atom is 0.356 e. The Kier molecular flexibility index (Phi) is 5.89. The summed E-state index contributed by atoms with van der Waals surface area (Å²) in [6.45, 7) is 4.34. The van der Waals surface area contributed by atoms with Crippen LogP contribution in [0.2, 0.25) is 0 Å². The molecule has 7 heteroatoms. The number of nitrogens with two attached hydrogens (primary N) is 1. The van der Waals surface area contributed by atoms with Crippen LogP contribution in [-0.2, 0) is 4.79 Å². The second-order valence-electron chi connectivity index (χ2n) is 4.80. The number of unbranched alkanes of at least 4 members (excludes halogenated alkanes) is 1. The Morgan fingerprint density at radius 3 is 2.65 bits per heavy atom. The number of anilines is 1. The molecular weight excluding hydrogens is 260 g/mol. The smallest absolute Gasteiger partial charge is 0.356 e. The van der Waals surface area contributed by atoms with Gasteiger partial charge in [-0.3, -0.25) is 4.79 Å². The summed E-state index contributed by atoms with van der Waals surface area (Å²) < 4.78 is 0. The fraction of sp³-hybridized carbons (Fsp3) is 0.538. The Balaban J connectivity index is 2.65. The molecular formula is C13H20N4O3. The Morgan fingerprint density at radius 2 is 2.10 bits per heavy atom. The summed E-state index contributed by atoms with van der Waals surface area (Å²) in [4.78, 5) is 30.0. The molecule has 4 N–H and O–H groups in total. The maximum atomic E-state index is 11.2. The van der Waals surface area contributed by atoms with E-state index in [1.165, 1.54) is 6.20 Å². The van der Waals surface area contributed by atoms with Crippen LogP contribution in [0.3, 0.4) is 0 Å². The van der Waals surface area contributed by atoms with Crippen LogP contribution in [-0.4, -0.2) is 33.5 Å². The third-order valence-electron chi connectivity index (χ3n) is 2.69. The van der Waals surface area contributed by atoms with Crippen LogP contribution < -0.4 is 11.1 Å². The second-order valence-corrected chi connectivity index (χ2v) is 4.80. The van der Waals surface area contributed by atoms with Gasteiger partial charge >= 0.3 is 5.97 Å². The summed E-state index contributed by atoms with van der Waals surface area (Å²) in [6, 6.07) is 0. The summed E-state index contributed by atoms with van der Waals surface area (Å²) in [5.74, 6) is -0.853. The van der Waals surface area contributed by atoms with E-state index in [1.54, 1.807) is 0 Å². The Hall–Kier alpha value is -2.18. The summed E-state index contributed by atoms with van der Waals surface area (Å²) >= 11 is 0. The summed E-state index contributed by atoms with van der Waals surface area (Å²) in [5, 5.41) is 12.1. The van der Waals surface area contributed by atoms with Gasteiger partial charge in [-0.2, -0.15) is 0 Å². The zero-order valence-corrected chi connectivity index (χ0v) is 11.7. The first-order chi connectivity index (χ1) is 9.41. The van der Waals surface area contributed by atoms with E-state index in [9.17, 15) is 9.59 Å². The largest absolute Gasteiger partial charge is 0.476 e. The lowest BCUT2D eigenvalue weighted by Gasteiger charge is -2.10. The van der Waals surface area contributed by atoms with Crippen LogP contribution in [0.25, 0.3) is 0 Å². The third-order valence-corrected chi connectivity index (χ3v) is 2.69. The molecule has 1 aromatic rings. The minimum atomic E-state index is -1.09. The lowest BCUT2D eigenvalue weighted by atomic mass is 10.2. The van der Waals surface area contributed by atoms with Gasteiger partial charge < -0.3 is 16.2 Å². The number of hydrogen-bond donors (Lipinski definition) is 3. The molecule has 7 nitrogen and oxygen atoms in total. The quantitative estimate of drug-likeness (QED) is 0.619. The topological polar surface area (TPSA) is 118 Å². The normalized spacial score (nSPS) is 10.6. The first-order valence-corrected chi connectivity index (χ1v) is 6.54. The molecule has 0 fully saturated rings. The maximum absolute atomic E-state index is 11.2. The Bertz CT molecular complexity index is 489. The molecule has 0 aliphatic heterocycles. The van der Waals surface area contributed by atoms with Gasteiger partial charge in [0.05, 0.1) is 11.9 Å². The predicted molar refractivity (Wildman–Crippen MR) is 74.6 cm³/mol. The lowest BCUT2D eigenvalue weighted by molar-refractivity contribution is -0.118. The van der Waals surface area contributed by atoms with Gasteiger partial charge in [0.25, 0.3) is 0 Å². The summed E-state index contributed by atoms with van der Waals surface area (Å²) in [6.07, 6.45) is 3.19. The fourth-order valence-corrected chi connectivity index (χ4v) is 1.61. The highest BCUT2D eigenvalue weighted by molar-refractivity contribution is 5.91. The van der Waals surface area contributed by atoms with Crippen molar-refractivity contribution in [3.63, 3.8) is 0 Å². The van der Waals surface area contributed by atoms with Gasteiger partial charge in [0.1, 0.15) is 5.82 Å². The van der Waals surface area contributed by atoms with E-state index in [1.807, 2.05) is 13.8 Å². The molecule has 1 heterocycles. The molecule has 20 heavy (non-hydrogen) atoms. The fourth-order valence-electron chi connectivity index (χ4n) is 1.61. The van der Waals surface area contributed by atoms with Crippen LogP contribution >= 0.6 is 0 Å². The molecule has 0 unspecified atom stereocenters. The van der Waals surface area contributed by atoms with Gasteiger partial charge in [0, 0.05) is 18.9 Å². The van der Waals surface area contributed by atoms with Crippen LogP contribution in [0.15, 0.2) is 6.20 Å². The van der Waals surface area contributed by atoms with E-state index in [0.29, 0.717) is 37.3 Å². The monoisotopic (exact) mass is 280 g/mol. The predicted octanol–water partition coefficient (Wildman–Crippen LogP) is 1.37. The highest BCUT2D eigenvalue weighted by Crippen LogP contribution is 2.16. The average molecular weight is 280 g/mol. The molecule has 0 atom stereocenters. The van der Waals surface area contributed by atoms with Gasteiger partial charge in [-0.15, -0.1) is 0 Å². The van der Waals surface area contributed by atoms with Crippen molar-refractivity contribution < 1.29 is 14.7 Å². The van der Waals surface area contributed by atoms with Crippen molar-refractivity contribution >= 4 is 17.6 Å². The zero-order chi connectivity index (χ0) is 15.1. The molecule has 0 radical (unpaired) electrons. The van der Waals surface area contributed by atoms with E-state index >= 15 is 0 Å². The first kappa shape index (κ1) is 15.9. The van der Waals surface area contributed by atoms with Crippen molar-refractivity contribution in [3.8, 4) is 0 Å². The summed E-state index contributed by atoms with van der Waals surface area (Å²) in [5.41, 5.74) is 5.40. The molecule has 0 bridgehead atoms. The highest BCUT2D eigenvalue weighted by atomic mass is 16.4. The molecule has 0 aromatic carbocycles. The number of hydrogen-bond acceptors (Lipinski definition) is 5. The standard InChI is InChI=1S/C13H20N4O3/c1-8(2)12-16-7-9(11(17-12)13(19)20)15-6-4-3-5-10(14)18/h7-8,15H,3-6H2,1-2H3,(H2,14,18)(H,19,20). The second kappa shape index (κ2) is 7.42. The number of primary amides is 1. The van der Waals surface area contributed by atoms with E-state index in [0.717, 1.165) is 0 Å². The van der Waals surface area contributed by atoms with Crippen molar-refractivity contribution in [2.75, 3.05) is 11.9 Å². The molecule has 1 rings (SSSR count). The number of aromatic carboxylic acids is 1. The van der Waals surface area contributed by atoms with Crippen molar-refractivity contribution in [1.82, 2.24) is 9.97 Å². The SMILES string of the molecule is CC(C)c1ncc(NCCCCC(N)=O)c(C(=O)O)n1. The number of rotatable bonds is 8. The van der Waals surface area contributed by atoms with Gasteiger partial charge in [-0.25, -0.2) is 14.8 Å². The van der Waals surface area contributed by atoms with Gasteiger partial charge in [0.2, 0.25) is 5.91 Å². The number of amides is 1. The van der Waals surface area contributed by atoms with Crippen molar-refractivity contribution in [1.29, 1.82) is 0 Å². The number of aromatic nitrogens is 2. The van der Waals surface area contributed by atoms with Crippen molar-refractivity contribution in [3.05, 3.63) is 17.7 Å². The van der Waals surface area contributed by atoms with Crippen LogP contribution in [0.5, 0.6) is 0 Å². The first-order valence-electron chi connectivity index (χ1n) is 6.54. The Morgan fingerprint density at radius 1 is 1.40 bits per heavy atom. The molecule has 0 saturated carbocycles. The molecule has 1 amide bonds. The average Bonchev–Trinajstić information content (AvgIpc) is 2.37. The highest BCUT2D eigenvalue weighted by Gasteiger charge is 2.15. The zero-order valence-electron chi connectivity index (χ0n) is 11.7. The molecule has 1 aromatic heterocycles. The molecule has 0 aliphatic rings. The van der Waals surface area contributed by atoms with E-state index < -0.39 is 5.97 Å². The van der Waals surface area contributed by atoms with Gasteiger partial charge in [-0.1, -0.05) is 13.8 Å².